The van der Waals surface area contributed by atoms with E-state index in [4.69, 9.17) is 23.5 Å². The maximum absolute atomic E-state index is 15.9. The number of carbonyl (C=O) groups is 1. The maximum Gasteiger partial charge on any atom is 0.416 e. The number of anilines is 2. The molecule has 0 bridgehead atoms. The van der Waals surface area contributed by atoms with Crippen LogP contribution in [-0.2, 0) is 18.9 Å². The average molecular weight is 435 g/mol. The molecular formula is C21H26FN3O6. The minimum Gasteiger partial charge on any atom is -0.447 e. The highest BCUT2D eigenvalue weighted by Gasteiger charge is 2.39. The third kappa shape index (κ3) is 3.42. The largest absolute Gasteiger partial charge is 0.447 e. The smallest absolute Gasteiger partial charge is 0.416 e. The van der Waals surface area contributed by atoms with Crippen LogP contribution in [0.4, 0.5) is 20.7 Å². The number of benzene rings is 1. The first kappa shape index (κ1) is 20.5. The van der Waals surface area contributed by atoms with Gasteiger partial charge in [-0.05, 0) is 26.3 Å². The van der Waals surface area contributed by atoms with Gasteiger partial charge in [-0.1, -0.05) is 12.1 Å². The summed E-state index contributed by atoms with van der Waals surface area (Å²) in [5.41, 5.74) is 0.905. The number of rotatable bonds is 4. The molecule has 2 aromatic rings. The fourth-order valence-electron chi connectivity index (χ4n) is 4.63. The second kappa shape index (κ2) is 7.92. The lowest BCUT2D eigenvalue weighted by atomic mass is 10.0. The Morgan fingerprint density at radius 2 is 1.90 bits per heavy atom. The van der Waals surface area contributed by atoms with Gasteiger partial charge in [-0.15, -0.1) is 0 Å². The molecule has 0 N–H and O–H groups in total. The van der Waals surface area contributed by atoms with Crippen molar-refractivity contribution in [2.45, 2.75) is 51.7 Å². The molecule has 10 heteroatoms. The molecule has 5 rings (SSSR count). The normalized spacial score (nSPS) is 27.5. The molecule has 0 aliphatic carbocycles. The summed E-state index contributed by atoms with van der Waals surface area (Å²) in [4.78, 5) is 15.7. The van der Waals surface area contributed by atoms with Gasteiger partial charge in [-0.25, -0.2) is 9.18 Å². The quantitative estimate of drug-likeness (QED) is 0.723. The minimum atomic E-state index is -0.711. The van der Waals surface area contributed by atoms with Crippen molar-refractivity contribution in [3.8, 4) is 0 Å². The molecule has 0 saturated carbocycles. The number of aromatic nitrogens is 1. The molecule has 1 aromatic carbocycles. The molecule has 0 radical (unpaired) electrons. The fourth-order valence-corrected chi connectivity index (χ4v) is 4.63. The molecule has 3 aliphatic heterocycles. The van der Waals surface area contributed by atoms with E-state index >= 15 is 4.39 Å². The average Bonchev–Trinajstić information content (AvgIpc) is 3.46. The number of hydrogen-bond acceptors (Lipinski definition) is 8. The minimum absolute atomic E-state index is 0.00639. The van der Waals surface area contributed by atoms with E-state index in [1.54, 1.807) is 6.07 Å². The number of carbonyl (C=O) groups excluding carboxylic acids is 1. The van der Waals surface area contributed by atoms with Gasteiger partial charge in [0.2, 0.25) is 5.58 Å². The Balaban J connectivity index is 1.66. The van der Waals surface area contributed by atoms with E-state index in [9.17, 15) is 4.79 Å². The number of cyclic esters (lactones) is 1. The van der Waals surface area contributed by atoms with Crippen molar-refractivity contribution >= 4 is 28.6 Å². The second-order valence-electron chi connectivity index (χ2n) is 8.26. The Kier molecular flexibility index (Phi) is 5.23. The number of hydrogen-bond donors (Lipinski definition) is 0. The van der Waals surface area contributed by atoms with Crippen molar-refractivity contribution in [2.24, 2.45) is 0 Å². The van der Waals surface area contributed by atoms with Gasteiger partial charge in [-0.2, -0.15) is 0 Å². The van der Waals surface area contributed by atoms with E-state index in [0.717, 1.165) is 0 Å². The predicted octanol–water partition coefficient (Wildman–Crippen LogP) is 3.36. The van der Waals surface area contributed by atoms with Crippen molar-refractivity contribution in [3.63, 3.8) is 0 Å². The van der Waals surface area contributed by atoms with Crippen LogP contribution in [0.3, 0.4) is 0 Å². The van der Waals surface area contributed by atoms with Crippen molar-refractivity contribution in [3.05, 3.63) is 17.4 Å². The number of nitrogens with zero attached hydrogens (tertiary/aromatic N) is 3. The van der Waals surface area contributed by atoms with Crippen LogP contribution in [0.2, 0.25) is 0 Å². The lowest BCUT2D eigenvalue weighted by molar-refractivity contribution is -0.0445. The summed E-state index contributed by atoms with van der Waals surface area (Å²) in [6, 6.07) is 1.57. The SMILES string of the molecule is CC[C@@H]1COC(=O)N1c1noc2c(F)c(N3C[C@@H](C)O[C@@H](C)C3)c(C3OCCO3)cc12. The van der Waals surface area contributed by atoms with Crippen LogP contribution in [0.15, 0.2) is 10.6 Å². The zero-order valence-corrected chi connectivity index (χ0v) is 17.8. The molecule has 4 heterocycles. The van der Waals surface area contributed by atoms with Crippen LogP contribution in [0, 0.1) is 5.82 Å². The Morgan fingerprint density at radius 1 is 1.19 bits per heavy atom. The van der Waals surface area contributed by atoms with E-state index < -0.39 is 18.2 Å². The molecule has 3 aliphatic rings. The van der Waals surface area contributed by atoms with Gasteiger partial charge in [0.15, 0.2) is 17.9 Å². The van der Waals surface area contributed by atoms with E-state index in [-0.39, 0.29) is 36.3 Å². The monoisotopic (exact) mass is 435 g/mol. The number of fused-ring (bicyclic) bond motifs is 1. The second-order valence-corrected chi connectivity index (χ2v) is 8.26. The summed E-state index contributed by atoms with van der Waals surface area (Å²) in [5.74, 6) is -0.301. The van der Waals surface area contributed by atoms with Crippen LogP contribution in [0.1, 0.15) is 39.0 Å². The Hall–Kier alpha value is -2.43. The molecule has 3 saturated heterocycles. The highest BCUT2D eigenvalue weighted by Crippen LogP contribution is 2.42. The van der Waals surface area contributed by atoms with Gasteiger partial charge in [0.1, 0.15) is 6.61 Å². The van der Waals surface area contributed by atoms with Crippen LogP contribution < -0.4 is 9.80 Å². The molecular weight excluding hydrogens is 409 g/mol. The van der Waals surface area contributed by atoms with Crippen LogP contribution >= 0.6 is 0 Å². The molecule has 0 unspecified atom stereocenters. The van der Waals surface area contributed by atoms with Crippen molar-refractivity contribution in [2.75, 3.05) is 42.7 Å². The van der Waals surface area contributed by atoms with Gasteiger partial charge in [0, 0.05) is 18.7 Å². The van der Waals surface area contributed by atoms with E-state index in [2.05, 4.69) is 5.16 Å². The summed E-state index contributed by atoms with van der Waals surface area (Å²) in [6.07, 6.45) is -0.680. The molecule has 1 amide bonds. The first-order valence-corrected chi connectivity index (χ1v) is 10.7. The fraction of sp³-hybridized carbons (Fsp3) is 0.619. The number of amides is 1. The zero-order chi connectivity index (χ0) is 21.7. The molecule has 9 nitrogen and oxygen atoms in total. The van der Waals surface area contributed by atoms with Gasteiger partial charge >= 0.3 is 6.09 Å². The van der Waals surface area contributed by atoms with Gasteiger partial charge < -0.3 is 28.4 Å². The number of halogens is 1. The lowest BCUT2D eigenvalue weighted by Gasteiger charge is -2.38. The van der Waals surface area contributed by atoms with Crippen molar-refractivity contribution < 1.29 is 32.7 Å². The maximum atomic E-state index is 15.9. The first-order valence-electron chi connectivity index (χ1n) is 10.7. The molecule has 3 atom stereocenters. The molecule has 168 valence electrons. The van der Waals surface area contributed by atoms with E-state index in [1.165, 1.54) is 4.90 Å². The molecule has 31 heavy (non-hydrogen) atoms. The molecule has 3 fully saturated rings. The van der Waals surface area contributed by atoms with Gasteiger partial charge in [-0.3, -0.25) is 4.90 Å². The summed E-state index contributed by atoms with van der Waals surface area (Å²) >= 11 is 0. The van der Waals surface area contributed by atoms with Gasteiger partial charge in [0.05, 0.1) is 42.5 Å². The van der Waals surface area contributed by atoms with Gasteiger partial charge in [0.25, 0.3) is 0 Å². The summed E-state index contributed by atoms with van der Waals surface area (Å²) in [5, 5.41) is 4.45. The third-order valence-corrected chi connectivity index (χ3v) is 5.96. The predicted molar refractivity (Wildman–Crippen MR) is 109 cm³/mol. The van der Waals surface area contributed by atoms with Crippen molar-refractivity contribution in [1.82, 2.24) is 5.16 Å². The highest BCUT2D eigenvalue weighted by molar-refractivity contribution is 6.01. The summed E-state index contributed by atoms with van der Waals surface area (Å²) < 4.78 is 43.8. The van der Waals surface area contributed by atoms with E-state index in [0.29, 0.717) is 49.4 Å². The van der Waals surface area contributed by atoms with Crippen LogP contribution in [0.25, 0.3) is 11.0 Å². The number of morpholine rings is 1. The third-order valence-electron chi connectivity index (χ3n) is 5.96. The topological polar surface area (TPSA) is 86.5 Å². The summed E-state index contributed by atoms with van der Waals surface area (Å²) in [7, 11) is 0. The van der Waals surface area contributed by atoms with Crippen molar-refractivity contribution in [1.29, 1.82) is 0 Å². The standard InChI is InChI=1S/C21H26FN3O6/c1-4-13-10-29-21(26)25(13)19-15-7-14(20-27-5-6-28-20)17(16(22)18(15)31-23-19)24-8-11(2)30-12(3)9-24/h7,11-13,20H,4-6,8-10H2,1-3H3/t11-,12+,13-/m1/s1. The Labute approximate surface area is 178 Å². The number of ether oxygens (including phenoxy) is 4. The lowest BCUT2D eigenvalue weighted by Crippen LogP contribution is -2.46. The zero-order valence-electron chi connectivity index (χ0n) is 17.8. The Bertz CT molecular complexity index is 981. The Morgan fingerprint density at radius 3 is 2.58 bits per heavy atom. The highest BCUT2D eigenvalue weighted by atomic mass is 19.1. The van der Waals surface area contributed by atoms with Crippen LogP contribution in [-0.4, -0.2) is 62.4 Å². The first-order chi connectivity index (χ1) is 15.0. The van der Waals surface area contributed by atoms with Crippen LogP contribution in [0.5, 0.6) is 0 Å². The summed E-state index contributed by atoms with van der Waals surface area (Å²) in [6.45, 7) is 8.00. The molecule has 0 spiro atoms. The molecule has 1 aromatic heterocycles. The van der Waals surface area contributed by atoms with E-state index in [1.807, 2.05) is 25.7 Å².